The first-order valence-electron chi connectivity index (χ1n) is 7.54. The largest absolute Gasteiger partial charge is 0.443 e. The van der Waals surface area contributed by atoms with E-state index in [2.05, 4.69) is 6.58 Å². The number of ether oxygens (including phenoxy) is 1. The monoisotopic (exact) mass is 319 g/mol. The van der Waals surface area contributed by atoms with E-state index in [1.54, 1.807) is 39.0 Å². The molecular weight excluding hydrogens is 294 g/mol. The van der Waals surface area contributed by atoms with E-state index in [1.807, 2.05) is 6.07 Å². The molecule has 0 aliphatic carbocycles. The number of carbonyl (C=O) groups is 2. The second-order valence-electron chi connectivity index (χ2n) is 6.29. The number of benzene rings is 1. The molecule has 1 rings (SSSR count). The Bertz CT molecular complexity index is 587. The zero-order valence-electron chi connectivity index (χ0n) is 14.3. The zero-order valence-corrected chi connectivity index (χ0v) is 14.3. The van der Waals surface area contributed by atoms with Crippen LogP contribution in [-0.2, 0) is 17.6 Å². The van der Waals surface area contributed by atoms with Crippen molar-refractivity contribution in [1.82, 2.24) is 4.90 Å². The summed E-state index contributed by atoms with van der Waals surface area (Å²) in [6.45, 7) is 8.92. The zero-order chi connectivity index (χ0) is 17.6. The van der Waals surface area contributed by atoms with Crippen LogP contribution in [0.15, 0.2) is 30.9 Å². The number of hydrogen-bond donors (Lipinski definition) is 1. The van der Waals surface area contributed by atoms with Gasteiger partial charge in [-0.25, -0.2) is 9.69 Å². The lowest BCUT2D eigenvalue weighted by Crippen LogP contribution is -2.38. The van der Waals surface area contributed by atoms with Crippen LogP contribution in [0.25, 0.3) is 0 Å². The molecule has 1 aromatic carbocycles. The highest BCUT2D eigenvalue weighted by atomic mass is 16.6. The van der Waals surface area contributed by atoms with Crippen molar-refractivity contribution in [2.45, 2.75) is 39.2 Å². The van der Waals surface area contributed by atoms with Gasteiger partial charge in [-0.3, -0.25) is 4.79 Å². The Balaban J connectivity index is 3.00. The van der Waals surface area contributed by atoms with E-state index in [1.165, 1.54) is 7.05 Å². The molecule has 0 atom stereocenters. The summed E-state index contributed by atoms with van der Waals surface area (Å²) < 4.78 is 5.20. The maximum absolute atomic E-state index is 12.4. The molecule has 0 spiro atoms. The summed E-state index contributed by atoms with van der Waals surface area (Å²) >= 11 is 0. The summed E-state index contributed by atoms with van der Waals surface area (Å²) in [4.78, 5) is 25.4. The normalized spacial score (nSPS) is 11.0. The molecule has 1 aromatic rings. The van der Waals surface area contributed by atoms with Crippen LogP contribution in [-0.4, -0.2) is 41.3 Å². The lowest BCUT2D eigenvalue weighted by Gasteiger charge is -2.23. The highest BCUT2D eigenvalue weighted by Gasteiger charge is 2.25. The van der Waals surface area contributed by atoms with Gasteiger partial charge in [-0.1, -0.05) is 12.1 Å². The van der Waals surface area contributed by atoms with Gasteiger partial charge in [0.1, 0.15) is 5.60 Å². The first-order valence-corrected chi connectivity index (χ1v) is 7.54. The van der Waals surface area contributed by atoms with E-state index in [0.717, 1.165) is 16.0 Å². The van der Waals surface area contributed by atoms with E-state index in [0.29, 0.717) is 18.4 Å². The molecule has 0 aliphatic heterocycles. The number of amides is 2. The minimum Gasteiger partial charge on any atom is -0.443 e. The Morgan fingerprint density at radius 1 is 1.30 bits per heavy atom. The van der Waals surface area contributed by atoms with Gasteiger partial charge >= 0.3 is 6.09 Å². The fourth-order valence-corrected chi connectivity index (χ4v) is 2.07. The number of imide groups is 1. The Labute approximate surface area is 137 Å². The van der Waals surface area contributed by atoms with Crippen molar-refractivity contribution in [2.75, 3.05) is 13.7 Å². The summed E-state index contributed by atoms with van der Waals surface area (Å²) in [6, 6.07) is 5.20. The van der Waals surface area contributed by atoms with E-state index >= 15 is 0 Å². The topological polar surface area (TPSA) is 66.8 Å². The second kappa shape index (κ2) is 7.92. The number of rotatable bonds is 5. The van der Waals surface area contributed by atoms with Crippen LogP contribution in [0.5, 0.6) is 0 Å². The van der Waals surface area contributed by atoms with Crippen LogP contribution >= 0.6 is 0 Å². The van der Waals surface area contributed by atoms with Gasteiger partial charge in [0.05, 0.1) is 0 Å². The van der Waals surface area contributed by atoms with Gasteiger partial charge in [0.15, 0.2) is 0 Å². The van der Waals surface area contributed by atoms with Crippen LogP contribution in [0, 0.1) is 0 Å². The number of carbonyl (C=O) groups excluding carboxylic acids is 2. The molecule has 0 radical (unpaired) electrons. The molecule has 0 saturated carbocycles. The third-order valence-electron chi connectivity index (χ3n) is 3.17. The standard InChI is InChI=1S/C18H25NO4/c1-6-7-13-8-9-15(12-14(13)10-11-20)16(21)19(5)17(22)23-18(2,3)4/h6,8-9,12,20H,1,7,10-11H2,2-5H3. The highest BCUT2D eigenvalue weighted by molar-refractivity contribution is 6.02. The SMILES string of the molecule is C=CCc1ccc(C(=O)N(C)C(=O)OC(C)(C)C)cc1CCO. The Morgan fingerprint density at radius 3 is 2.48 bits per heavy atom. The van der Waals surface area contributed by atoms with Crippen molar-refractivity contribution in [2.24, 2.45) is 0 Å². The molecular formula is C18H25NO4. The Hall–Kier alpha value is -2.14. The molecule has 23 heavy (non-hydrogen) atoms. The van der Waals surface area contributed by atoms with Crippen LogP contribution in [0.3, 0.4) is 0 Å². The van der Waals surface area contributed by atoms with Gasteiger partial charge in [-0.15, -0.1) is 6.58 Å². The number of hydrogen-bond acceptors (Lipinski definition) is 4. The molecule has 5 nitrogen and oxygen atoms in total. The summed E-state index contributed by atoms with van der Waals surface area (Å²) in [5, 5.41) is 9.17. The maximum Gasteiger partial charge on any atom is 0.417 e. The third-order valence-corrected chi connectivity index (χ3v) is 3.17. The molecule has 0 aliphatic rings. The minimum atomic E-state index is -0.693. The quantitative estimate of drug-likeness (QED) is 0.847. The van der Waals surface area contributed by atoms with Crippen molar-refractivity contribution < 1.29 is 19.4 Å². The van der Waals surface area contributed by atoms with E-state index < -0.39 is 17.6 Å². The van der Waals surface area contributed by atoms with Crippen LogP contribution in [0.4, 0.5) is 4.79 Å². The molecule has 0 fully saturated rings. The molecule has 0 heterocycles. The molecule has 0 aromatic heterocycles. The highest BCUT2D eigenvalue weighted by Crippen LogP contribution is 2.17. The minimum absolute atomic E-state index is 0.0102. The van der Waals surface area contributed by atoms with Gasteiger partial charge in [-0.05, 0) is 56.9 Å². The second-order valence-corrected chi connectivity index (χ2v) is 6.29. The van der Waals surface area contributed by atoms with E-state index in [4.69, 9.17) is 4.74 Å². The van der Waals surface area contributed by atoms with Crippen molar-refractivity contribution in [3.63, 3.8) is 0 Å². The van der Waals surface area contributed by atoms with Crippen LogP contribution in [0.2, 0.25) is 0 Å². The maximum atomic E-state index is 12.4. The molecule has 2 amide bonds. The lowest BCUT2D eigenvalue weighted by molar-refractivity contribution is 0.0284. The number of aliphatic hydroxyl groups excluding tert-OH is 1. The van der Waals surface area contributed by atoms with Gasteiger partial charge in [0.2, 0.25) is 0 Å². The van der Waals surface area contributed by atoms with Gasteiger partial charge in [0.25, 0.3) is 5.91 Å². The number of allylic oxidation sites excluding steroid dienone is 1. The first-order chi connectivity index (χ1) is 10.7. The smallest absolute Gasteiger partial charge is 0.417 e. The molecule has 0 unspecified atom stereocenters. The predicted octanol–water partition coefficient (Wildman–Crippen LogP) is 2.96. The molecule has 126 valence electrons. The van der Waals surface area contributed by atoms with Gasteiger partial charge < -0.3 is 9.84 Å². The molecule has 5 heteroatoms. The van der Waals surface area contributed by atoms with Crippen LogP contribution in [0.1, 0.15) is 42.3 Å². The van der Waals surface area contributed by atoms with E-state index in [9.17, 15) is 14.7 Å². The summed E-state index contributed by atoms with van der Waals surface area (Å²) in [6.07, 6.45) is 2.18. The van der Waals surface area contributed by atoms with Crippen molar-refractivity contribution >= 4 is 12.0 Å². The predicted molar refractivity (Wildman–Crippen MR) is 89.5 cm³/mol. The average molecular weight is 319 g/mol. The molecule has 1 N–H and O–H groups in total. The van der Waals surface area contributed by atoms with E-state index in [-0.39, 0.29) is 6.61 Å². The first kappa shape index (κ1) is 18.9. The summed E-state index contributed by atoms with van der Waals surface area (Å²) in [5.74, 6) is -0.441. The van der Waals surface area contributed by atoms with Crippen LogP contribution < -0.4 is 0 Å². The average Bonchev–Trinajstić information content (AvgIpc) is 2.46. The summed E-state index contributed by atoms with van der Waals surface area (Å²) in [5.41, 5.74) is 1.59. The third kappa shape index (κ3) is 5.53. The van der Waals surface area contributed by atoms with Crippen molar-refractivity contribution in [3.8, 4) is 0 Å². The lowest BCUT2D eigenvalue weighted by atomic mass is 9.98. The van der Waals surface area contributed by atoms with Gasteiger partial charge in [0, 0.05) is 19.2 Å². The summed E-state index contributed by atoms with van der Waals surface area (Å²) in [7, 11) is 1.39. The fraction of sp³-hybridized carbons (Fsp3) is 0.444. The Morgan fingerprint density at radius 2 is 1.96 bits per heavy atom. The van der Waals surface area contributed by atoms with Crippen molar-refractivity contribution in [3.05, 3.63) is 47.5 Å². The van der Waals surface area contributed by atoms with Crippen molar-refractivity contribution in [1.29, 1.82) is 0 Å². The molecule has 0 bridgehead atoms. The number of nitrogens with zero attached hydrogens (tertiary/aromatic N) is 1. The Kier molecular flexibility index (Phi) is 6.51. The van der Waals surface area contributed by atoms with Gasteiger partial charge in [-0.2, -0.15) is 0 Å². The molecule has 0 saturated heterocycles. The number of aliphatic hydroxyl groups is 1. The fourth-order valence-electron chi connectivity index (χ4n) is 2.07.